The third-order valence-electron chi connectivity index (χ3n) is 1.66. The Morgan fingerprint density at radius 3 is 2.50 bits per heavy atom. The van der Waals surface area contributed by atoms with Gasteiger partial charge in [0.1, 0.15) is 0 Å². The molecule has 0 atom stereocenters. The first-order valence-corrected chi connectivity index (χ1v) is 6.35. The smallest absolute Gasteiger partial charge is 0.330 e. The van der Waals surface area contributed by atoms with E-state index in [-0.39, 0.29) is 5.97 Å². The number of allylic oxidation sites excluding steroid dienone is 1. The Labute approximate surface area is 86.7 Å². The van der Waals surface area contributed by atoms with Crippen molar-refractivity contribution in [2.75, 3.05) is 20.8 Å². The maximum atomic E-state index is 10.9. The molecule has 0 aliphatic heterocycles. The summed E-state index contributed by atoms with van der Waals surface area (Å²) in [5, 5.41) is 0. The molecule has 0 amide bonds. The maximum absolute atomic E-state index is 10.9. The van der Waals surface area contributed by atoms with E-state index in [2.05, 4.69) is 0 Å². The molecule has 0 aliphatic rings. The summed E-state index contributed by atoms with van der Waals surface area (Å²) < 4.78 is 15.1. The van der Waals surface area contributed by atoms with E-state index in [1.54, 1.807) is 27.2 Å². The first kappa shape index (κ1) is 13.3. The highest BCUT2D eigenvalue weighted by Crippen LogP contribution is 1.99. The van der Waals surface area contributed by atoms with E-state index in [0.29, 0.717) is 6.61 Å². The van der Waals surface area contributed by atoms with Crippen LogP contribution in [0.4, 0.5) is 0 Å². The molecule has 0 saturated heterocycles. The van der Waals surface area contributed by atoms with Crippen molar-refractivity contribution >= 4 is 15.3 Å². The van der Waals surface area contributed by atoms with Gasteiger partial charge in [-0.25, -0.2) is 4.79 Å². The first-order chi connectivity index (χ1) is 6.74. The molecule has 0 heterocycles. The van der Waals surface area contributed by atoms with Crippen LogP contribution in [0.15, 0.2) is 12.2 Å². The Morgan fingerprint density at radius 2 is 2.00 bits per heavy atom. The monoisotopic (exact) mass is 218 g/mol. The third-order valence-corrected chi connectivity index (χ3v) is 3.59. The second kappa shape index (κ2) is 8.92. The van der Waals surface area contributed by atoms with E-state index in [1.165, 1.54) is 6.08 Å². The summed E-state index contributed by atoms with van der Waals surface area (Å²) in [6.07, 6.45) is 3.85. The highest BCUT2D eigenvalue weighted by atomic mass is 28.3. The Kier molecular flexibility index (Phi) is 8.51. The van der Waals surface area contributed by atoms with Gasteiger partial charge < -0.3 is 13.6 Å². The number of carbonyl (C=O) groups excluding carboxylic acids is 1. The molecule has 0 aromatic rings. The van der Waals surface area contributed by atoms with E-state index in [1.807, 2.05) is 0 Å². The van der Waals surface area contributed by atoms with Crippen molar-refractivity contribution in [3.63, 3.8) is 0 Å². The molecule has 0 unspecified atom stereocenters. The van der Waals surface area contributed by atoms with Crippen LogP contribution in [0.1, 0.15) is 13.3 Å². The minimum atomic E-state index is -1.48. The van der Waals surface area contributed by atoms with E-state index < -0.39 is 9.28 Å². The lowest BCUT2D eigenvalue weighted by atomic mass is 10.5. The van der Waals surface area contributed by atoms with Gasteiger partial charge in [-0.2, -0.15) is 0 Å². The van der Waals surface area contributed by atoms with Crippen LogP contribution in [0.3, 0.4) is 0 Å². The van der Waals surface area contributed by atoms with Gasteiger partial charge in [0.05, 0.1) is 6.61 Å². The van der Waals surface area contributed by atoms with Gasteiger partial charge >= 0.3 is 15.3 Å². The molecule has 0 fully saturated rings. The van der Waals surface area contributed by atoms with Gasteiger partial charge in [0, 0.05) is 20.3 Å². The van der Waals surface area contributed by atoms with Crippen LogP contribution in [0.2, 0.25) is 6.04 Å². The summed E-state index contributed by atoms with van der Waals surface area (Å²) in [6.45, 7) is 2.21. The maximum Gasteiger partial charge on any atom is 0.330 e. The van der Waals surface area contributed by atoms with Gasteiger partial charge in [0.2, 0.25) is 0 Å². The highest BCUT2D eigenvalue weighted by molar-refractivity contribution is 6.44. The van der Waals surface area contributed by atoms with Crippen LogP contribution in [0, 0.1) is 0 Å². The zero-order valence-corrected chi connectivity index (χ0v) is 10.1. The van der Waals surface area contributed by atoms with Crippen LogP contribution in [0.5, 0.6) is 0 Å². The molecular weight excluding hydrogens is 200 g/mol. The Bertz CT molecular complexity index is 178. The lowest BCUT2D eigenvalue weighted by molar-refractivity contribution is -0.137. The zero-order chi connectivity index (χ0) is 10.8. The fraction of sp³-hybridized carbons (Fsp3) is 0.667. The molecule has 0 N–H and O–H groups in total. The lowest BCUT2D eigenvalue weighted by Crippen LogP contribution is -2.19. The largest absolute Gasteiger partial charge is 0.463 e. The average Bonchev–Trinajstić information content (AvgIpc) is 2.19. The number of esters is 1. The topological polar surface area (TPSA) is 44.8 Å². The Morgan fingerprint density at radius 1 is 1.36 bits per heavy atom. The number of carbonyl (C=O) groups is 1. The quantitative estimate of drug-likeness (QED) is 0.277. The van der Waals surface area contributed by atoms with Gasteiger partial charge in [0.15, 0.2) is 0 Å². The minimum Gasteiger partial charge on any atom is -0.463 e. The molecule has 0 spiro atoms. The SMILES string of the molecule is CC=CC(=O)OCCC[SiH](OC)OC. The molecule has 0 radical (unpaired) electrons. The van der Waals surface area contributed by atoms with Gasteiger partial charge in [-0.1, -0.05) is 6.08 Å². The van der Waals surface area contributed by atoms with Crippen LogP contribution in [-0.4, -0.2) is 36.1 Å². The van der Waals surface area contributed by atoms with E-state index in [4.69, 9.17) is 13.6 Å². The van der Waals surface area contributed by atoms with Gasteiger partial charge in [0.25, 0.3) is 0 Å². The standard InChI is InChI=1S/C9H18O4Si/c1-4-6-9(10)13-7-5-8-14(11-2)12-3/h4,6,14H,5,7-8H2,1-3H3. The molecule has 14 heavy (non-hydrogen) atoms. The second-order valence-electron chi connectivity index (χ2n) is 2.71. The summed E-state index contributed by atoms with van der Waals surface area (Å²) in [4.78, 5) is 10.9. The summed E-state index contributed by atoms with van der Waals surface area (Å²) in [5.74, 6) is -0.291. The lowest BCUT2D eigenvalue weighted by Gasteiger charge is -2.09. The average molecular weight is 218 g/mol. The number of hydrogen-bond acceptors (Lipinski definition) is 4. The van der Waals surface area contributed by atoms with Crippen molar-refractivity contribution in [1.82, 2.24) is 0 Å². The van der Waals surface area contributed by atoms with Crippen molar-refractivity contribution < 1.29 is 18.4 Å². The number of hydrogen-bond donors (Lipinski definition) is 0. The Balaban J connectivity index is 3.41. The van der Waals surface area contributed by atoms with Gasteiger partial charge in [-0.3, -0.25) is 0 Å². The molecule has 0 aromatic heterocycles. The van der Waals surface area contributed by atoms with Crippen molar-refractivity contribution in [2.45, 2.75) is 19.4 Å². The fourth-order valence-corrected chi connectivity index (χ4v) is 2.10. The molecule has 0 bridgehead atoms. The van der Waals surface area contributed by atoms with Gasteiger partial charge in [-0.15, -0.1) is 0 Å². The van der Waals surface area contributed by atoms with Crippen molar-refractivity contribution in [1.29, 1.82) is 0 Å². The van der Waals surface area contributed by atoms with Crippen molar-refractivity contribution in [3.05, 3.63) is 12.2 Å². The molecule has 5 heteroatoms. The molecule has 0 aliphatic carbocycles. The molecular formula is C9H18O4Si. The minimum absolute atomic E-state index is 0.291. The van der Waals surface area contributed by atoms with E-state index in [0.717, 1.165) is 12.5 Å². The molecule has 0 rings (SSSR count). The van der Waals surface area contributed by atoms with Crippen molar-refractivity contribution in [3.8, 4) is 0 Å². The van der Waals surface area contributed by atoms with Crippen LogP contribution in [0.25, 0.3) is 0 Å². The normalized spacial score (nSPS) is 11.1. The van der Waals surface area contributed by atoms with Crippen LogP contribution >= 0.6 is 0 Å². The highest BCUT2D eigenvalue weighted by Gasteiger charge is 2.08. The number of rotatable bonds is 7. The zero-order valence-electron chi connectivity index (χ0n) is 8.99. The van der Waals surface area contributed by atoms with Crippen LogP contribution < -0.4 is 0 Å². The molecule has 0 aromatic carbocycles. The van der Waals surface area contributed by atoms with E-state index in [9.17, 15) is 4.79 Å². The first-order valence-electron chi connectivity index (χ1n) is 4.59. The third kappa shape index (κ3) is 6.82. The molecule has 0 saturated carbocycles. The Hall–Kier alpha value is -0.653. The molecule has 82 valence electrons. The summed E-state index contributed by atoms with van der Waals surface area (Å²) in [5.41, 5.74) is 0. The van der Waals surface area contributed by atoms with E-state index >= 15 is 0 Å². The predicted molar refractivity (Wildman–Crippen MR) is 56.4 cm³/mol. The molecule has 4 nitrogen and oxygen atoms in total. The fourth-order valence-electron chi connectivity index (χ4n) is 0.939. The van der Waals surface area contributed by atoms with Gasteiger partial charge in [-0.05, 0) is 19.4 Å². The number of ether oxygens (including phenoxy) is 1. The van der Waals surface area contributed by atoms with Crippen LogP contribution in [-0.2, 0) is 18.4 Å². The summed E-state index contributed by atoms with van der Waals surface area (Å²) in [6, 6.07) is 0.857. The second-order valence-corrected chi connectivity index (χ2v) is 5.09. The summed E-state index contributed by atoms with van der Waals surface area (Å²) >= 11 is 0. The summed E-state index contributed by atoms with van der Waals surface area (Å²) in [7, 11) is 1.81. The predicted octanol–water partition coefficient (Wildman–Crippen LogP) is 1.01. The van der Waals surface area contributed by atoms with Crippen molar-refractivity contribution in [2.24, 2.45) is 0 Å².